The lowest BCUT2D eigenvalue weighted by Gasteiger charge is -2.22. The number of nitrogens with zero attached hydrogens (tertiary/aromatic N) is 1. The Labute approximate surface area is 164 Å². The smallest absolute Gasteiger partial charge is 0.305 e. The monoisotopic (exact) mass is 379 g/mol. The van der Waals surface area contributed by atoms with Gasteiger partial charge in [0.2, 0.25) is 5.91 Å². The zero-order valence-electron chi connectivity index (χ0n) is 16.3. The van der Waals surface area contributed by atoms with Crippen molar-refractivity contribution in [2.45, 2.75) is 45.1 Å². The van der Waals surface area contributed by atoms with Crippen molar-refractivity contribution >= 4 is 22.8 Å². The van der Waals surface area contributed by atoms with Gasteiger partial charge >= 0.3 is 5.97 Å². The van der Waals surface area contributed by atoms with E-state index < -0.39 is 12.0 Å². The van der Waals surface area contributed by atoms with Gasteiger partial charge in [0.15, 0.2) is 0 Å². The van der Waals surface area contributed by atoms with Crippen molar-refractivity contribution in [2.24, 2.45) is 0 Å². The molecule has 28 heavy (non-hydrogen) atoms. The van der Waals surface area contributed by atoms with Crippen molar-refractivity contribution in [3.05, 3.63) is 65.4 Å². The highest BCUT2D eigenvalue weighted by atomic mass is 16.4. The Balaban J connectivity index is 1.76. The van der Waals surface area contributed by atoms with Gasteiger partial charge in [0.05, 0.1) is 30.1 Å². The van der Waals surface area contributed by atoms with Crippen LogP contribution in [0.2, 0.25) is 0 Å². The number of carbonyl (C=O) groups is 2. The summed E-state index contributed by atoms with van der Waals surface area (Å²) in [6.07, 6.45) is -0.0684. The molecular formula is C22H25N3O3. The standard InChI is InChI=1S/C22H25N3O3/c1-22(2,3)15-10-8-14(9-11-15)18(13-21(27)28)23-20(26)12-19-16-6-4-5-7-17(16)24-25-19/h4-11,18H,12-13H2,1-3H3,(H,23,26)(H,24,25)(H,27,28). The molecule has 3 aromatic rings. The Morgan fingerprint density at radius 3 is 2.43 bits per heavy atom. The average Bonchev–Trinajstić information content (AvgIpc) is 3.03. The summed E-state index contributed by atoms with van der Waals surface area (Å²) in [5.41, 5.74) is 3.44. The van der Waals surface area contributed by atoms with E-state index in [9.17, 15) is 14.7 Å². The van der Waals surface area contributed by atoms with E-state index >= 15 is 0 Å². The highest BCUT2D eigenvalue weighted by Crippen LogP contribution is 2.25. The van der Waals surface area contributed by atoms with Gasteiger partial charge < -0.3 is 10.4 Å². The van der Waals surface area contributed by atoms with E-state index in [4.69, 9.17) is 0 Å². The first-order valence-electron chi connectivity index (χ1n) is 9.27. The van der Waals surface area contributed by atoms with Crippen LogP contribution in [0.5, 0.6) is 0 Å². The van der Waals surface area contributed by atoms with E-state index in [-0.39, 0.29) is 24.2 Å². The van der Waals surface area contributed by atoms with Gasteiger partial charge in [0.1, 0.15) is 0 Å². The zero-order chi connectivity index (χ0) is 20.3. The van der Waals surface area contributed by atoms with E-state index in [0.717, 1.165) is 22.0 Å². The van der Waals surface area contributed by atoms with Crippen molar-refractivity contribution in [2.75, 3.05) is 0 Å². The van der Waals surface area contributed by atoms with Crippen molar-refractivity contribution in [3.8, 4) is 0 Å². The third kappa shape index (κ3) is 4.57. The maximum absolute atomic E-state index is 12.6. The van der Waals surface area contributed by atoms with E-state index in [2.05, 4.69) is 36.3 Å². The SMILES string of the molecule is CC(C)(C)c1ccc(C(CC(=O)O)NC(=O)Cc2[nH]nc3ccccc23)cc1. The van der Waals surface area contributed by atoms with Crippen molar-refractivity contribution < 1.29 is 14.7 Å². The quantitative estimate of drug-likeness (QED) is 0.608. The summed E-state index contributed by atoms with van der Waals surface area (Å²) in [4.78, 5) is 23.9. The molecule has 0 aliphatic carbocycles. The lowest BCUT2D eigenvalue weighted by molar-refractivity contribution is -0.137. The summed E-state index contributed by atoms with van der Waals surface area (Å²) >= 11 is 0. The van der Waals surface area contributed by atoms with Crippen LogP contribution in [0.25, 0.3) is 10.9 Å². The van der Waals surface area contributed by atoms with E-state index in [1.165, 1.54) is 0 Å². The second-order valence-electron chi connectivity index (χ2n) is 7.99. The molecule has 1 heterocycles. The molecule has 0 aliphatic rings. The number of aliphatic carboxylic acids is 1. The number of aromatic amines is 1. The molecule has 6 heteroatoms. The van der Waals surface area contributed by atoms with Crippen molar-refractivity contribution in [1.29, 1.82) is 0 Å². The van der Waals surface area contributed by atoms with Crippen LogP contribution in [0.3, 0.4) is 0 Å². The number of aromatic nitrogens is 2. The molecule has 0 spiro atoms. The second kappa shape index (κ2) is 7.84. The number of carbonyl (C=O) groups excluding carboxylic acids is 1. The highest BCUT2D eigenvalue weighted by molar-refractivity contribution is 5.87. The van der Waals surface area contributed by atoms with Gasteiger partial charge in [-0.3, -0.25) is 14.7 Å². The molecule has 0 bridgehead atoms. The first-order chi connectivity index (χ1) is 13.2. The molecule has 0 radical (unpaired) electrons. The molecule has 1 amide bonds. The molecule has 1 aromatic heterocycles. The average molecular weight is 379 g/mol. The normalized spacial score (nSPS) is 12.7. The minimum Gasteiger partial charge on any atom is -0.481 e. The fraction of sp³-hybridized carbons (Fsp3) is 0.318. The van der Waals surface area contributed by atoms with Crippen LogP contribution < -0.4 is 5.32 Å². The number of para-hydroxylation sites is 1. The van der Waals surface area contributed by atoms with Crippen LogP contribution >= 0.6 is 0 Å². The molecule has 0 saturated heterocycles. The number of nitrogens with one attached hydrogen (secondary N) is 2. The summed E-state index contributed by atoms with van der Waals surface area (Å²) in [5, 5.41) is 20.1. The second-order valence-corrected chi connectivity index (χ2v) is 7.99. The molecule has 1 atom stereocenters. The molecule has 0 saturated carbocycles. The fourth-order valence-electron chi connectivity index (χ4n) is 3.20. The van der Waals surface area contributed by atoms with Gasteiger partial charge in [-0.25, -0.2) is 0 Å². The van der Waals surface area contributed by atoms with Gasteiger partial charge in [-0.2, -0.15) is 5.10 Å². The van der Waals surface area contributed by atoms with E-state index in [1.54, 1.807) is 0 Å². The summed E-state index contributed by atoms with van der Waals surface area (Å²) in [6.45, 7) is 6.35. The molecule has 1 unspecified atom stereocenters. The molecule has 146 valence electrons. The molecule has 3 rings (SSSR count). The Morgan fingerprint density at radius 1 is 1.11 bits per heavy atom. The number of amides is 1. The van der Waals surface area contributed by atoms with Crippen LogP contribution in [-0.2, 0) is 21.4 Å². The lowest BCUT2D eigenvalue weighted by Crippen LogP contribution is -2.31. The molecule has 6 nitrogen and oxygen atoms in total. The maximum Gasteiger partial charge on any atom is 0.305 e. The van der Waals surface area contributed by atoms with Crippen LogP contribution in [0.15, 0.2) is 48.5 Å². The Hall–Kier alpha value is -3.15. The van der Waals surface area contributed by atoms with Gasteiger partial charge in [-0.15, -0.1) is 0 Å². The first kappa shape index (κ1) is 19.6. The van der Waals surface area contributed by atoms with Crippen LogP contribution in [0, 0.1) is 0 Å². The molecule has 0 fully saturated rings. The highest BCUT2D eigenvalue weighted by Gasteiger charge is 2.20. The zero-order valence-corrected chi connectivity index (χ0v) is 16.3. The largest absolute Gasteiger partial charge is 0.481 e. The van der Waals surface area contributed by atoms with Crippen LogP contribution in [-0.4, -0.2) is 27.2 Å². The topological polar surface area (TPSA) is 95.1 Å². The molecular weight excluding hydrogens is 354 g/mol. The third-order valence-electron chi connectivity index (χ3n) is 4.77. The summed E-state index contributed by atoms with van der Waals surface area (Å²) in [7, 11) is 0. The number of hydrogen-bond acceptors (Lipinski definition) is 3. The Kier molecular flexibility index (Phi) is 5.49. The number of benzene rings is 2. The Bertz CT molecular complexity index is 984. The predicted octanol–water partition coefficient (Wildman–Crippen LogP) is 3.74. The van der Waals surface area contributed by atoms with E-state index in [0.29, 0.717) is 5.69 Å². The maximum atomic E-state index is 12.6. The van der Waals surface area contributed by atoms with Crippen LogP contribution in [0.1, 0.15) is 50.1 Å². The lowest BCUT2D eigenvalue weighted by atomic mass is 9.86. The minimum atomic E-state index is -0.961. The van der Waals surface area contributed by atoms with Crippen molar-refractivity contribution in [1.82, 2.24) is 15.5 Å². The van der Waals surface area contributed by atoms with Crippen molar-refractivity contribution in [3.63, 3.8) is 0 Å². The molecule has 0 aliphatic heterocycles. The summed E-state index contributed by atoms with van der Waals surface area (Å²) in [5.74, 6) is -1.21. The number of H-pyrrole nitrogens is 1. The minimum absolute atomic E-state index is 0.00570. The fourth-order valence-corrected chi connectivity index (χ4v) is 3.20. The predicted molar refractivity (Wildman–Crippen MR) is 108 cm³/mol. The number of rotatable bonds is 6. The number of carboxylic acids is 1. The van der Waals surface area contributed by atoms with Gasteiger partial charge in [0.25, 0.3) is 0 Å². The summed E-state index contributed by atoms with van der Waals surface area (Å²) in [6, 6.07) is 14.7. The molecule has 3 N–H and O–H groups in total. The molecule has 2 aromatic carbocycles. The van der Waals surface area contributed by atoms with Gasteiger partial charge in [-0.05, 0) is 22.6 Å². The van der Waals surface area contributed by atoms with E-state index in [1.807, 2.05) is 48.5 Å². The first-order valence-corrected chi connectivity index (χ1v) is 9.27. The summed E-state index contributed by atoms with van der Waals surface area (Å²) < 4.78 is 0. The Morgan fingerprint density at radius 2 is 1.79 bits per heavy atom. The third-order valence-corrected chi connectivity index (χ3v) is 4.77. The van der Waals surface area contributed by atoms with Crippen LogP contribution in [0.4, 0.5) is 0 Å². The van der Waals surface area contributed by atoms with Gasteiger partial charge in [0, 0.05) is 5.39 Å². The number of hydrogen-bond donors (Lipinski definition) is 3. The number of fused-ring (bicyclic) bond motifs is 1. The number of carboxylic acid groups (broad SMARTS) is 1. The van der Waals surface area contributed by atoms with Gasteiger partial charge in [-0.1, -0.05) is 63.2 Å².